The first kappa shape index (κ1) is 13.4. The van der Waals surface area contributed by atoms with Gasteiger partial charge < -0.3 is 15.4 Å². The number of benzene rings is 1. The maximum Gasteiger partial charge on any atom is 0.340 e. The van der Waals surface area contributed by atoms with E-state index >= 15 is 0 Å². The van der Waals surface area contributed by atoms with E-state index < -0.39 is 5.97 Å². The number of esters is 1. The highest BCUT2D eigenvalue weighted by molar-refractivity contribution is 5.98. The molecule has 2 heterocycles. The van der Waals surface area contributed by atoms with Gasteiger partial charge in [-0.2, -0.15) is 0 Å². The fourth-order valence-corrected chi connectivity index (χ4v) is 2.83. The largest absolute Gasteiger partial charge is 0.465 e. The number of nitrogens with zero attached hydrogens (tertiary/aromatic N) is 2. The Kier molecular flexibility index (Phi) is 3.25. The predicted octanol–water partition coefficient (Wildman–Crippen LogP) is 2.53. The minimum Gasteiger partial charge on any atom is -0.465 e. The third kappa shape index (κ3) is 2.11. The Morgan fingerprint density at radius 3 is 2.90 bits per heavy atom. The number of fused-ring (bicyclic) bond motifs is 1. The van der Waals surface area contributed by atoms with Crippen molar-refractivity contribution >= 4 is 23.2 Å². The van der Waals surface area contributed by atoms with Gasteiger partial charge in [-0.05, 0) is 31.0 Å². The molecule has 5 heteroatoms. The number of ether oxygens (including phenoxy) is 1. The van der Waals surface area contributed by atoms with E-state index in [1.165, 1.54) is 12.7 Å². The highest BCUT2D eigenvalue weighted by Gasteiger charge is 2.30. The molecular formula is C16H17N3O2. The number of pyridine rings is 1. The second-order valence-electron chi connectivity index (χ2n) is 5.14. The topological polar surface area (TPSA) is 68.5 Å². The van der Waals surface area contributed by atoms with E-state index in [4.69, 9.17) is 10.5 Å². The molecule has 108 valence electrons. The second kappa shape index (κ2) is 5.09. The molecule has 0 spiro atoms. The molecule has 0 saturated heterocycles. The molecule has 21 heavy (non-hydrogen) atoms. The molecule has 2 N–H and O–H groups in total. The molecule has 1 aliphatic heterocycles. The number of aromatic nitrogens is 1. The van der Waals surface area contributed by atoms with Gasteiger partial charge in [-0.3, -0.25) is 0 Å². The molecule has 0 amide bonds. The Morgan fingerprint density at radius 2 is 2.14 bits per heavy atom. The lowest BCUT2D eigenvalue weighted by Gasteiger charge is -2.25. The van der Waals surface area contributed by atoms with Crippen molar-refractivity contribution in [3.05, 3.63) is 47.7 Å². The number of nitrogens with two attached hydrogens (primary N) is 1. The van der Waals surface area contributed by atoms with Gasteiger partial charge in [0, 0.05) is 17.9 Å². The number of carbonyl (C=O) groups is 1. The van der Waals surface area contributed by atoms with Crippen LogP contribution in [0.2, 0.25) is 0 Å². The molecule has 1 aromatic heterocycles. The van der Waals surface area contributed by atoms with Crippen molar-refractivity contribution in [2.75, 3.05) is 17.7 Å². The molecule has 0 aliphatic carbocycles. The van der Waals surface area contributed by atoms with Crippen molar-refractivity contribution in [1.82, 2.24) is 4.98 Å². The Labute approximate surface area is 123 Å². The summed E-state index contributed by atoms with van der Waals surface area (Å²) >= 11 is 0. The van der Waals surface area contributed by atoms with Crippen LogP contribution in [0, 0.1) is 0 Å². The maximum atomic E-state index is 11.8. The molecule has 5 nitrogen and oxygen atoms in total. The molecule has 0 radical (unpaired) electrons. The molecule has 1 unspecified atom stereocenters. The average Bonchev–Trinajstić information content (AvgIpc) is 2.83. The first-order valence-corrected chi connectivity index (χ1v) is 6.83. The first-order chi connectivity index (χ1) is 10.1. The molecule has 3 rings (SSSR count). The molecule has 0 bridgehead atoms. The van der Waals surface area contributed by atoms with Crippen LogP contribution in [0.1, 0.15) is 22.8 Å². The van der Waals surface area contributed by atoms with Crippen LogP contribution in [-0.4, -0.2) is 24.1 Å². The van der Waals surface area contributed by atoms with Crippen molar-refractivity contribution in [3.8, 4) is 0 Å². The van der Waals surface area contributed by atoms with E-state index in [0.29, 0.717) is 17.1 Å². The van der Waals surface area contributed by atoms with Gasteiger partial charge in [0.15, 0.2) is 5.82 Å². The SMILES string of the molecule is COC(=O)c1ccnc(N2c3ccccc3CC2C)c1N. The van der Waals surface area contributed by atoms with Crippen LogP contribution in [0.15, 0.2) is 36.5 Å². The normalized spacial score (nSPS) is 16.7. The Morgan fingerprint density at radius 1 is 1.38 bits per heavy atom. The fraction of sp³-hybridized carbons (Fsp3) is 0.250. The zero-order valence-electron chi connectivity index (χ0n) is 12.0. The van der Waals surface area contributed by atoms with E-state index in [2.05, 4.69) is 22.9 Å². The van der Waals surface area contributed by atoms with E-state index in [1.54, 1.807) is 12.3 Å². The summed E-state index contributed by atoms with van der Waals surface area (Å²) in [7, 11) is 1.34. The zero-order valence-corrected chi connectivity index (χ0v) is 12.0. The summed E-state index contributed by atoms with van der Waals surface area (Å²) in [4.78, 5) is 18.2. The van der Waals surface area contributed by atoms with Gasteiger partial charge in [0.25, 0.3) is 0 Å². The van der Waals surface area contributed by atoms with Crippen LogP contribution in [0.5, 0.6) is 0 Å². The van der Waals surface area contributed by atoms with Crippen molar-refractivity contribution in [3.63, 3.8) is 0 Å². The van der Waals surface area contributed by atoms with Crippen LogP contribution in [0.4, 0.5) is 17.2 Å². The number of anilines is 3. The summed E-state index contributed by atoms with van der Waals surface area (Å²) in [6, 6.07) is 9.99. The number of carbonyl (C=O) groups excluding carboxylic acids is 1. The quantitative estimate of drug-likeness (QED) is 0.858. The standard InChI is InChI=1S/C16H17N3O2/c1-10-9-11-5-3-4-6-13(11)19(10)15-14(17)12(7-8-18-15)16(20)21-2/h3-8,10H,9,17H2,1-2H3. The number of rotatable bonds is 2. The summed E-state index contributed by atoms with van der Waals surface area (Å²) < 4.78 is 4.77. The molecule has 0 saturated carbocycles. The van der Waals surface area contributed by atoms with Crippen LogP contribution < -0.4 is 10.6 Å². The van der Waals surface area contributed by atoms with Gasteiger partial charge in [0.2, 0.25) is 0 Å². The third-order valence-corrected chi connectivity index (χ3v) is 3.81. The maximum absolute atomic E-state index is 11.8. The van der Waals surface area contributed by atoms with E-state index in [0.717, 1.165) is 12.1 Å². The number of hydrogen-bond donors (Lipinski definition) is 1. The summed E-state index contributed by atoms with van der Waals surface area (Å²) in [5, 5.41) is 0. The lowest BCUT2D eigenvalue weighted by atomic mass is 10.1. The summed E-state index contributed by atoms with van der Waals surface area (Å²) in [5.74, 6) is 0.159. The average molecular weight is 283 g/mol. The number of methoxy groups -OCH3 is 1. The summed E-state index contributed by atoms with van der Waals surface area (Å²) in [6.45, 7) is 2.12. The van der Waals surface area contributed by atoms with Crippen molar-refractivity contribution < 1.29 is 9.53 Å². The number of para-hydroxylation sites is 1. The minimum atomic E-state index is -0.448. The predicted molar refractivity (Wildman–Crippen MR) is 81.7 cm³/mol. The number of nitrogen functional groups attached to an aromatic ring is 1. The fourth-order valence-electron chi connectivity index (χ4n) is 2.83. The minimum absolute atomic E-state index is 0.241. The van der Waals surface area contributed by atoms with Gasteiger partial charge in [0.1, 0.15) is 0 Å². The smallest absolute Gasteiger partial charge is 0.340 e. The molecular weight excluding hydrogens is 266 g/mol. The highest BCUT2D eigenvalue weighted by Crippen LogP contribution is 2.40. The molecule has 0 fully saturated rings. The third-order valence-electron chi connectivity index (χ3n) is 3.81. The van der Waals surface area contributed by atoms with Crippen LogP contribution in [-0.2, 0) is 11.2 Å². The van der Waals surface area contributed by atoms with Crippen LogP contribution in [0.3, 0.4) is 0 Å². The molecule has 1 aliphatic rings. The Balaban J connectivity index is 2.11. The molecule has 2 aromatic rings. The monoisotopic (exact) mass is 283 g/mol. The van der Waals surface area contributed by atoms with Gasteiger partial charge in [0.05, 0.1) is 18.4 Å². The second-order valence-corrected chi connectivity index (χ2v) is 5.14. The van der Waals surface area contributed by atoms with E-state index in [-0.39, 0.29) is 6.04 Å². The Hall–Kier alpha value is -2.56. The first-order valence-electron chi connectivity index (χ1n) is 6.83. The Bertz CT molecular complexity index is 700. The lowest BCUT2D eigenvalue weighted by Crippen LogP contribution is -2.26. The van der Waals surface area contributed by atoms with E-state index in [1.807, 2.05) is 18.2 Å². The number of hydrogen-bond acceptors (Lipinski definition) is 5. The van der Waals surface area contributed by atoms with Crippen molar-refractivity contribution in [1.29, 1.82) is 0 Å². The summed E-state index contributed by atoms with van der Waals surface area (Å²) in [5.41, 5.74) is 9.20. The van der Waals surface area contributed by atoms with Crippen molar-refractivity contribution in [2.45, 2.75) is 19.4 Å². The van der Waals surface area contributed by atoms with E-state index in [9.17, 15) is 4.79 Å². The van der Waals surface area contributed by atoms with Crippen LogP contribution in [0.25, 0.3) is 0 Å². The van der Waals surface area contributed by atoms with Crippen molar-refractivity contribution in [2.24, 2.45) is 0 Å². The zero-order chi connectivity index (χ0) is 15.0. The highest BCUT2D eigenvalue weighted by atomic mass is 16.5. The summed E-state index contributed by atoms with van der Waals surface area (Å²) in [6.07, 6.45) is 2.52. The van der Waals surface area contributed by atoms with Crippen LogP contribution >= 0.6 is 0 Å². The lowest BCUT2D eigenvalue weighted by molar-refractivity contribution is 0.0602. The van der Waals surface area contributed by atoms with Gasteiger partial charge in [-0.25, -0.2) is 9.78 Å². The molecule has 1 atom stereocenters. The van der Waals surface area contributed by atoms with Gasteiger partial charge in [-0.15, -0.1) is 0 Å². The molecule has 1 aromatic carbocycles. The van der Waals surface area contributed by atoms with Gasteiger partial charge in [-0.1, -0.05) is 18.2 Å². The van der Waals surface area contributed by atoms with Gasteiger partial charge >= 0.3 is 5.97 Å².